The quantitative estimate of drug-likeness (QED) is 0.564. The van der Waals surface area contributed by atoms with Gasteiger partial charge in [-0.25, -0.2) is 14.2 Å². The van der Waals surface area contributed by atoms with Crippen molar-refractivity contribution in [2.75, 3.05) is 0 Å². The van der Waals surface area contributed by atoms with E-state index in [1.807, 2.05) is 30.3 Å². The van der Waals surface area contributed by atoms with E-state index in [0.717, 1.165) is 40.7 Å². The summed E-state index contributed by atoms with van der Waals surface area (Å²) in [4.78, 5) is 50.6. The molecule has 8 nitrogen and oxygen atoms in total. The van der Waals surface area contributed by atoms with E-state index < -0.39 is 29.7 Å². The van der Waals surface area contributed by atoms with Crippen molar-refractivity contribution in [1.29, 1.82) is 0 Å². The Kier molecular flexibility index (Phi) is 5.77. The number of esters is 1. The van der Waals surface area contributed by atoms with E-state index in [1.165, 1.54) is 4.57 Å². The van der Waals surface area contributed by atoms with Crippen molar-refractivity contribution in [3.63, 3.8) is 0 Å². The molecule has 0 radical (unpaired) electrons. The molecule has 31 heavy (non-hydrogen) atoms. The maximum atomic E-state index is 13.0. The molecule has 0 unspecified atom stereocenters. The number of carboxylic acids is 1. The molecule has 0 amide bonds. The molecule has 2 aromatic heterocycles. The van der Waals surface area contributed by atoms with Crippen LogP contribution in [0.25, 0.3) is 10.2 Å². The predicted molar refractivity (Wildman–Crippen MR) is 116 cm³/mol. The number of aromatic nitrogens is 2. The number of benzene rings is 1. The summed E-state index contributed by atoms with van der Waals surface area (Å²) in [5, 5.41) is 9.40. The molecule has 0 atom stereocenters. The average Bonchev–Trinajstić information content (AvgIpc) is 3.05. The summed E-state index contributed by atoms with van der Waals surface area (Å²) in [5.74, 6) is -1.79. The van der Waals surface area contributed by atoms with Crippen LogP contribution in [0, 0.1) is 6.92 Å². The Labute approximate surface area is 181 Å². The van der Waals surface area contributed by atoms with Gasteiger partial charge in [0.2, 0.25) is 0 Å². The Bertz CT molecular complexity index is 1270. The Morgan fingerprint density at radius 2 is 1.87 bits per heavy atom. The number of hydrogen-bond acceptors (Lipinski definition) is 6. The Hall–Kier alpha value is -3.20. The monoisotopic (exact) mass is 442 g/mol. The average molecular weight is 442 g/mol. The van der Waals surface area contributed by atoms with Gasteiger partial charge in [-0.3, -0.25) is 14.2 Å². The third-order valence-electron chi connectivity index (χ3n) is 5.57. The number of carboxylic acid groups (broad SMARTS) is 1. The number of fused-ring (bicyclic) bond motifs is 1. The largest absolute Gasteiger partial charge is 0.480 e. The molecular formula is C22H22N2O6S. The first-order valence-corrected chi connectivity index (χ1v) is 10.9. The van der Waals surface area contributed by atoms with Gasteiger partial charge >= 0.3 is 17.6 Å². The van der Waals surface area contributed by atoms with E-state index in [0.29, 0.717) is 16.8 Å². The number of carbonyl (C=O) groups is 2. The second-order valence-corrected chi connectivity index (χ2v) is 8.65. The van der Waals surface area contributed by atoms with Crippen LogP contribution in [0.2, 0.25) is 0 Å². The van der Waals surface area contributed by atoms with Crippen molar-refractivity contribution in [3.05, 3.63) is 67.2 Å². The lowest BCUT2D eigenvalue weighted by Gasteiger charge is -2.24. The minimum absolute atomic E-state index is 0.110. The molecule has 1 saturated carbocycles. The topological polar surface area (TPSA) is 108 Å². The molecule has 1 aromatic carbocycles. The van der Waals surface area contributed by atoms with Crippen LogP contribution in [0.15, 0.2) is 39.9 Å². The summed E-state index contributed by atoms with van der Waals surface area (Å²) >= 11 is 1.05. The van der Waals surface area contributed by atoms with E-state index >= 15 is 0 Å². The van der Waals surface area contributed by atoms with Crippen molar-refractivity contribution in [1.82, 2.24) is 9.13 Å². The number of rotatable bonds is 7. The van der Waals surface area contributed by atoms with Gasteiger partial charge in [0.15, 0.2) is 0 Å². The minimum atomic E-state index is -1.29. The van der Waals surface area contributed by atoms with Crippen molar-refractivity contribution in [2.45, 2.75) is 51.8 Å². The lowest BCUT2D eigenvalue weighted by atomic mass is 9.96. The van der Waals surface area contributed by atoms with Crippen molar-refractivity contribution in [3.8, 4) is 0 Å². The molecule has 9 heteroatoms. The third kappa shape index (κ3) is 4.05. The van der Waals surface area contributed by atoms with Gasteiger partial charge in [0.25, 0.3) is 5.56 Å². The molecule has 1 aliphatic carbocycles. The van der Waals surface area contributed by atoms with Gasteiger partial charge in [-0.1, -0.05) is 30.3 Å². The zero-order valence-electron chi connectivity index (χ0n) is 17.0. The van der Waals surface area contributed by atoms with Crippen LogP contribution in [0.5, 0.6) is 0 Å². The SMILES string of the molecule is Cc1c(C(=O)OC2CCC2)sc2c1c(=O)n(CC(=O)O)c(=O)n2CCc1ccccc1. The zero-order chi connectivity index (χ0) is 22.1. The van der Waals surface area contributed by atoms with Crippen LogP contribution in [0.3, 0.4) is 0 Å². The molecule has 0 bridgehead atoms. The molecule has 1 fully saturated rings. The Balaban J connectivity index is 1.83. The smallest absolute Gasteiger partial charge is 0.348 e. The van der Waals surface area contributed by atoms with Gasteiger partial charge in [0, 0.05) is 6.54 Å². The first-order valence-electron chi connectivity index (χ1n) is 10.1. The number of hydrogen-bond donors (Lipinski definition) is 1. The highest BCUT2D eigenvalue weighted by Gasteiger charge is 2.28. The number of ether oxygens (including phenoxy) is 1. The van der Waals surface area contributed by atoms with E-state index in [9.17, 15) is 24.3 Å². The minimum Gasteiger partial charge on any atom is -0.480 e. The Morgan fingerprint density at radius 1 is 1.16 bits per heavy atom. The van der Waals surface area contributed by atoms with Crippen LogP contribution in [-0.2, 0) is 29.0 Å². The molecule has 0 saturated heterocycles. The fourth-order valence-electron chi connectivity index (χ4n) is 3.64. The van der Waals surface area contributed by atoms with Crippen LogP contribution >= 0.6 is 11.3 Å². The van der Waals surface area contributed by atoms with Gasteiger partial charge < -0.3 is 9.84 Å². The first-order chi connectivity index (χ1) is 14.9. The zero-order valence-corrected chi connectivity index (χ0v) is 17.8. The normalized spacial score (nSPS) is 13.8. The van der Waals surface area contributed by atoms with Crippen LogP contribution < -0.4 is 11.2 Å². The molecule has 3 aromatic rings. The number of thiophene rings is 1. The van der Waals surface area contributed by atoms with E-state index in [-0.39, 0.29) is 22.9 Å². The van der Waals surface area contributed by atoms with Crippen LogP contribution in [-0.4, -0.2) is 32.3 Å². The van der Waals surface area contributed by atoms with Crippen molar-refractivity contribution in [2.24, 2.45) is 0 Å². The summed E-state index contributed by atoms with van der Waals surface area (Å²) in [7, 11) is 0. The van der Waals surface area contributed by atoms with Crippen LogP contribution in [0.1, 0.15) is 40.1 Å². The second kappa shape index (κ2) is 8.50. The number of aliphatic carboxylic acids is 1. The number of aryl methyl sites for hydroxylation is 3. The predicted octanol–water partition coefficient (Wildman–Crippen LogP) is 2.57. The molecule has 4 rings (SSSR count). The summed E-state index contributed by atoms with van der Waals surface area (Å²) < 4.78 is 7.61. The fourth-order valence-corrected chi connectivity index (χ4v) is 4.84. The number of nitrogens with zero attached hydrogens (tertiary/aromatic N) is 2. The highest BCUT2D eigenvalue weighted by molar-refractivity contribution is 7.20. The van der Waals surface area contributed by atoms with E-state index in [4.69, 9.17) is 4.74 Å². The summed E-state index contributed by atoms with van der Waals surface area (Å²) in [6.07, 6.45) is 3.06. The fraction of sp³-hybridized carbons (Fsp3) is 0.364. The molecule has 0 aliphatic heterocycles. The van der Waals surface area contributed by atoms with Gasteiger partial charge in [-0.2, -0.15) is 0 Å². The first kappa shape index (κ1) is 21.0. The highest BCUT2D eigenvalue weighted by atomic mass is 32.1. The van der Waals surface area contributed by atoms with E-state index in [2.05, 4.69) is 0 Å². The maximum absolute atomic E-state index is 13.0. The molecule has 0 spiro atoms. The second-order valence-electron chi connectivity index (χ2n) is 7.65. The van der Waals surface area contributed by atoms with E-state index in [1.54, 1.807) is 6.92 Å². The molecule has 1 N–H and O–H groups in total. The summed E-state index contributed by atoms with van der Waals surface area (Å²) in [6, 6.07) is 9.53. The lowest BCUT2D eigenvalue weighted by molar-refractivity contribution is -0.137. The van der Waals surface area contributed by atoms with Gasteiger partial charge in [0.1, 0.15) is 22.4 Å². The molecule has 2 heterocycles. The third-order valence-corrected chi connectivity index (χ3v) is 6.86. The van der Waals surface area contributed by atoms with Gasteiger partial charge in [0.05, 0.1) is 5.39 Å². The summed E-state index contributed by atoms with van der Waals surface area (Å²) in [5.41, 5.74) is 0.0177. The van der Waals surface area contributed by atoms with Gasteiger partial charge in [-0.05, 0) is 43.7 Å². The molecule has 162 valence electrons. The highest BCUT2D eigenvalue weighted by Crippen LogP contribution is 2.31. The van der Waals surface area contributed by atoms with Crippen molar-refractivity contribution >= 4 is 33.5 Å². The maximum Gasteiger partial charge on any atom is 0.348 e. The standard InChI is InChI=1S/C22H22N2O6S/c1-13-17-19(27)24(12-16(25)26)22(29)23(11-10-14-6-3-2-4-7-14)20(17)31-18(13)21(28)30-15-8-5-9-15/h2-4,6-7,15H,5,8-12H2,1H3,(H,25,26). The molecule has 1 aliphatic rings. The number of carbonyl (C=O) groups excluding carboxylic acids is 1. The Morgan fingerprint density at radius 3 is 2.48 bits per heavy atom. The summed E-state index contributed by atoms with van der Waals surface area (Å²) in [6.45, 7) is 1.14. The van der Waals surface area contributed by atoms with Crippen molar-refractivity contribution < 1.29 is 19.4 Å². The van der Waals surface area contributed by atoms with Gasteiger partial charge in [-0.15, -0.1) is 11.3 Å². The molecular weight excluding hydrogens is 420 g/mol. The lowest BCUT2D eigenvalue weighted by Crippen LogP contribution is -2.41. The van der Waals surface area contributed by atoms with Crippen LogP contribution in [0.4, 0.5) is 0 Å².